The van der Waals surface area contributed by atoms with E-state index in [2.05, 4.69) is 59.0 Å². The summed E-state index contributed by atoms with van der Waals surface area (Å²) in [6.45, 7) is 1.58. The number of carbonyl (C=O) groups is 1. The fourth-order valence-corrected chi connectivity index (χ4v) is 5.69. The molecule has 42 heavy (non-hydrogen) atoms. The minimum absolute atomic E-state index is 0.0223. The smallest absolute Gasteiger partial charge is 0.299 e. The van der Waals surface area contributed by atoms with Crippen LogP contribution in [0, 0.1) is 5.92 Å². The fourth-order valence-electron chi connectivity index (χ4n) is 5.55. The molecule has 2 aliphatic rings. The Bertz CT molecular complexity index is 1730. The maximum absolute atomic E-state index is 13.2. The zero-order chi connectivity index (χ0) is 28.5. The molecule has 0 radical (unpaired) electrons. The number of carbonyl (C=O) groups excluding carboxylic acids is 1. The van der Waals surface area contributed by atoms with Gasteiger partial charge < -0.3 is 25.3 Å². The molecule has 212 valence electrons. The Labute approximate surface area is 247 Å². The normalized spacial score (nSPS) is 15.1. The molecule has 0 atom stereocenters. The molecule has 5 aromatic rings. The second kappa shape index (κ2) is 11.3. The number of nitrogens with zero attached hydrogens (tertiary/aromatic N) is 5. The molecule has 1 fully saturated rings. The second-order valence-electron chi connectivity index (χ2n) is 10.7. The summed E-state index contributed by atoms with van der Waals surface area (Å²) in [6.07, 6.45) is 7.09. The molecule has 10 nitrogen and oxygen atoms in total. The van der Waals surface area contributed by atoms with Crippen molar-refractivity contribution in [3.05, 3.63) is 83.1 Å². The summed E-state index contributed by atoms with van der Waals surface area (Å²) in [7, 11) is 0. The van der Waals surface area contributed by atoms with Gasteiger partial charge in [-0.3, -0.25) is 4.79 Å². The lowest BCUT2D eigenvalue weighted by atomic mass is 9.93. The van der Waals surface area contributed by atoms with Gasteiger partial charge >= 0.3 is 0 Å². The van der Waals surface area contributed by atoms with Gasteiger partial charge in [-0.1, -0.05) is 23.7 Å². The van der Waals surface area contributed by atoms with Crippen LogP contribution in [-0.4, -0.2) is 38.9 Å². The Morgan fingerprint density at radius 1 is 1.00 bits per heavy atom. The number of fused-ring (bicyclic) bond motifs is 7. The minimum Gasteiger partial charge on any atom is -0.404 e. The predicted molar refractivity (Wildman–Crippen MR) is 164 cm³/mol. The largest absolute Gasteiger partial charge is 0.404 e. The van der Waals surface area contributed by atoms with Crippen LogP contribution in [0.2, 0.25) is 5.02 Å². The SMILES string of the molecule is O=C(CC1CCN(c2nc3cccnc3o2)CC1)Nc1ccc2cc1CCc1cccc(c1)Nc1ncc(Cl)c(n1)N2. The van der Waals surface area contributed by atoms with Gasteiger partial charge in [-0.2, -0.15) is 9.97 Å². The molecule has 1 saturated heterocycles. The van der Waals surface area contributed by atoms with E-state index >= 15 is 0 Å². The van der Waals surface area contributed by atoms with E-state index in [-0.39, 0.29) is 5.91 Å². The van der Waals surface area contributed by atoms with E-state index in [0.29, 0.717) is 40.9 Å². The number of nitrogens with one attached hydrogen (secondary N) is 3. The molecule has 11 heteroatoms. The van der Waals surface area contributed by atoms with Crippen LogP contribution in [-0.2, 0) is 17.6 Å². The fraction of sp³-hybridized carbons (Fsp3) is 0.258. The highest BCUT2D eigenvalue weighted by molar-refractivity contribution is 6.32. The Morgan fingerprint density at radius 2 is 1.88 bits per heavy atom. The number of hydrogen-bond donors (Lipinski definition) is 3. The number of benzene rings is 2. The summed E-state index contributed by atoms with van der Waals surface area (Å²) in [6, 6.07) is 18.5. The topological polar surface area (TPSA) is 121 Å². The molecule has 5 heterocycles. The lowest BCUT2D eigenvalue weighted by Gasteiger charge is -2.30. The minimum atomic E-state index is 0.0223. The third-order valence-corrected chi connectivity index (χ3v) is 8.04. The zero-order valence-electron chi connectivity index (χ0n) is 22.8. The predicted octanol–water partition coefficient (Wildman–Crippen LogP) is 6.50. The average Bonchev–Trinajstić information content (AvgIpc) is 3.44. The summed E-state index contributed by atoms with van der Waals surface area (Å²) < 4.78 is 5.84. The van der Waals surface area contributed by atoms with Gasteiger partial charge in [0.1, 0.15) is 10.5 Å². The molecule has 0 saturated carbocycles. The number of rotatable bonds is 4. The number of aromatic nitrogens is 4. The summed E-state index contributed by atoms with van der Waals surface area (Å²) in [4.78, 5) is 33.0. The van der Waals surface area contributed by atoms with Gasteiger partial charge in [0.05, 0.1) is 6.20 Å². The Hall–Kier alpha value is -4.70. The van der Waals surface area contributed by atoms with Crippen molar-refractivity contribution < 1.29 is 9.21 Å². The maximum Gasteiger partial charge on any atom is 0.299 e. The third kappa shape index (κ3) is 5.71. The van der Waals surface area contributed by atoms with E-state index < -0.39 is 0 Å². The van der Waals surface area contributed by atoms with Crippen LogP contribution in [0.15, 0.2) is 71.4 Å². The van der Waals surface area contributed by atoms with Crippen molar-refractivity contribution in [2.24, 2.45) is 5.92 Å². The number of oxazole rings is 1. The van der Waals surface area contributed by atoms with Gasteiger partial charge in [0.2, 0.25) is 17.6 Å². The first-order valence-corrected chi connectivity index (χ1v) is 14.5. The summed E-state index contributed by atoms with van der Waals surface area (Å²) in [5.74, 6) is 1.28. The number of halogens is 1. The van der Waals surface area contributed by atoms with Crippen molar-refractivity contribution in [2.45, 2.75) is 32.1 Å². The summed E-state index contributed by atoms with van der Waals surface area (Å²) >= 11 is 6.40. The van der Waals surface area contributed by atoms with E-state index in [0.717, 1.165) is 66.9 Å². The van der Waals surface area contributed by atoms with Crippen LogP contribution in [0.3, 0.4) is 0 Å². The first kappa shape index (κ1) is 26.2. The van der Waals surface area contributed by atoms with Gasteiger partial charge in [-0.25, -0.2) is 9.97 Å². The molecule has 0 unspecified atom stereocenters. The molecule has 2 aliphatic heterocycles. The van der Waals surface area contributed by atoms with Gasteiger partial charge in [0.15, 0.2) is 5.82 Å². The van der Waals surface area contributed by atoms with Crippen LogP contribution in [0.1, 0.15) is 30.4 Å². The van der Waals surface area contributed by atoms with Crippen LogP contribution in [0.4, 0.5) is 34.8 Å². The standard InChI is InChI=1S/C31H29ClN8O2/c32-24-18-34-30-36-22-4-1-3-19(15-22)6-7-21-17-23(35-28(24)39-30)8-9-25(21)37-27(41)16-20-10-13-40(14-11-20)31-38-26-5-2-12-33-29(26)42-31/h1-5,8-9,12,15,17-18,20H,6-7,10-11,13-14,16H2,(H,37,41)(H2,34,35,36,39). The number of aryl methyl sites for hydroxylation is 2. The van der Waals surface area contributed by atoms with Gasteiger partial charge in [0.25, 0.3) is 6.01 Å². The van der Waals surface area contributed by atoms with Crippen molar-refractivity contribution in [3.8, 4) is 0 Å². The lowest BCUT2D eigenvalue weighted by molar-refractivity contribution is -0.117. The van der Waals surface area contributed by atoms with E-state index in [1.807, 2.05) is 36.4 Å². The zero-order valence-corrected chi connectivity index (χ0v) is 23.6. The van der Waals surface area contributed by atoms with Crippen molar-refractivity contribution >= 4 is 63.6 Å². The number of hydrogen-bond acceptors (Lipinski definition) is 9. The van der Waals surface area contributed by atoms with Crippen molar-refractivity contribution in [3.63, 3.8) is 0 Å². The number of anilines is 6. The van der Waals surface area contributed by atoms with Crippen molar-refractivity contribution in [1.29, 1.82) is 0 Å². The number of piperidine rings is 1. The Morgan fingerprint density at radius 3 is 2.76 bits per heavy atom. The third-order valence-electron chi connectivity index (χ3n) is 7.77. The molecular weight excluding hydrogens is 552 g/mol. The highest BCUT2D eigenvalue weighted by Gasteiger charge is 2.25. The molecule has 0 aliphatic carbocycles. The van der Waals surface area contributed by atoms with Crippen LogP contribution in [0.25, 0.3) is 11.2 Å². The summed E-state index contributed by atoms with van der Waals surface area (Å²) in [5, 5.41) is 10.2. The highest BCUT2D eigenvalue weighted by Crippen LogP contribution is 2.31. The Kier molecular flexibility index (Phi) is 7.05. The number of pyridine rings is 1. The van der Waals surface area contributed by atoms with Crippen molar-refractivity contribution in [2.75, 3.05) is 33.9 Å². The first-order chi connectivity index (χ1) is 20.6. The van der Waals surface area contributed by atoms with Gasteiger partial charge in [-0.15, -0.1) is 0 Å². The second-order valence-corrected chi connectivity index (χ2v) is 11.1. The van der Waals surface area contributed by atoms with E-state index in [1.165, 1.54) is 5.56 Å². The summed E-state index contributed by atoms with van der Waals surface area (Å²) in [5.41, 5.74) is 6.07. The average molecular weight is 581 g/mol. The first-order valence-electron chi connectivity index (χ1n) is 14.1. The molecular formula is C31H29ClN8O2. The molecule has 2 aromatic carbocycles. The quantitative estimate of drug-likeness (QED) is 0.219. The molecule has 0 spiro atoms. The lowest BCUT2D eigenvalue weighted by Crippen LogP contribution is -2.35. The van der Waals surface area contributed by atoms with E-state index in [1.54, 1.807) is 12.4 Å². The molecule has 7 rings (SSSR count). The van der Waals surface area contributed by atoms with Gasteiger partial charge in [0, 0.05) is 42.8 Å². The van der Waals surface area contributed by atoms with Crippen LogP contribution in [0.5, 0.6) is 0 Å². The molecule has 6 bridgehead atoms. The van der Waals surface area contributed by atoms with E-state index in [9.17, 15) is 4.79 Å². The van der Waals surface area contributed by atoms with Crippen LogP contribution < -0.4 is 20.9 Å². The molecule has 3 N–H and O–H groups in total. The maximum atomic E-state index is 13.2. The highest BCUT2D eigenvalue weighted by atomic mass is 35.5. The molecule has 3 aromatic heterocycles. The van der Waals surface area contributed by atoms with Gasteiger partial charge in [-0.05, 0) is 85.2 Å². The number of amides is 1. The monoisotopic (exact) mass is 580 g/mol. The molecule has 1 amide bonds. The van der Waals surface area contributed by atoms with Crippen molar-refractivity contribution in [1.82, 2.24) is 19.9 Å². The Balaban J connectivity index is 1.04. The van der Waals surface area contributed by atoms with Crippen LogP contribution >= 0.6 is 11.6 Å². The van der Waals surface area contributed by atoms with E-state index in [4.69, 9.17) is 16.0 Å².